The smallest absolute Gasteiger partial charge is 0.280 e. The van der Waals surface area contributed by atoms with Crippen LogP contribution in [0.15, 0.2) is 48.8 Å². The molecule has 14 nitrogen and oxygen atoms in total. The number of alkyl halides is 2. The van der Waals surface area contributed by atoms with Gasteiger partial charge in [-0.1, -0.05) is 17.7 Å². The number of carbonyl (C=O) groups excluding carboxylic acids is 4. The van der Waals surface area contributed by atoms with Crippen LogP contribution in [-0.2, 0) is 14.4 Å². The zero-order valence-electron chi connectivity index (χ0n) is 31.9. The van der Waals surface area contributed by atoms with Gasteiger partial charge in [0.05, 0.1) is 40.1 Å². The number of amides is 4. The van der Waals surface area contributed by atoms with Gasteiger partial charge in [0.1, 0.15) is 34.8 Å². The van der Waals surface area contributed by atoms with E-state index in [0.717, 1.165) is 5.69 Å². The van der Waals surface area contributed by atoms with Crippen LogP contribution < -0.4 is 25.6 Å². The normalized spacial score (nSPS) is 18.8. The first kappa shape index (κ1) is 40.8. The Morgan fingerprint density at radius 3 is 2.47 bits per heavy atom. The summed E-state index contributed by atoms with van der Waals surface area (Å²) in [5.41, 5.74) is 0.255. The first-order chi connectivity index (χ1) is 27.6. The Bertz CT molecular complexity index is 2200. The van der Waals surface area contributed by atoms with Crippen LogP contribution in [0, 0.1) is 5.82 Å². The van der Waals surface area contributed by atoms with Crippen molar-refractivity contribution >= 4 is 58.1 Å². The van der Waals surface area contributed by atoms with E-state index in [1.807, 2.05) is 20.0 Å². The van der Waals surface area contributed by atoms with Gasteiger partial charge in [0.15, 0.2) is 0 Å². The van der Waals surface area contributed by atoms with Gasteiger partial charge in [0.25, 0.3) is 12.3 Å². The molecule has 4 aromatic rings. The van der Waals surface area contributed by atoms with E-state index in [-0.39, 0.29) is 96.9 Å². The maximum absolute atomic E-state index is 15.4. The number of hydrogen-bond donors (Lipinski definition) is 4. The molecule has 3 fully saturated rings. The van der Waals surface area contributed by atoms with E-state index in [0.29, 0.717) is 37.3 Å². The molecule has 18 heteroatoms. The van der Waals surface area contributed by atoms with Crippen molar-refractivity contribution in [2.24, 2.45) is 0 Å². The number of aromatic nitrogens is 3. The van der Waals surface area contributed by atoms with Crippen LogP contribution >= 0.6 is 11.6 Å². The number of ether oxygens (including phenoxy) is 1. The molecule has 0 aliphatic carbocycles. The van der Waals surface area contributed by atoms with Crippen molar-refractivity contribution in [1.29, 1.82) is 0 Å². The molecule has 0 bridgehead atoms. The largest absolute Gasteiger partial charge is 0.490 e. The van der Waals surface area contributed by atoms with Gasteiger partial charge in [-0.25, -0.2) is 23.1 Å². The fourth-order valence-electron chi connectivity index (χ4n) is 7.71. The third-order valence-electron chi connectivity index (χ3n) is 10.8. The molecule has 0 radical (unpaired) electrons. The Kier molecular flexibility index (Phi) is 11.8. The predicted octanol–water partition coefficient (Wildman–Crippen LogP) is 5.84. The summed E-state index contributed by atoms with van der Waals surface area (Å²) in [7, 11) is 0. The molecule has 1 atom stereocenters. The highest BCUT2D eigenvalue weighted by atomic mass is 35.5. The maximum atomic E-state index is 15.4. The highest BCUT2D eigenvalue weighted by Crippen LogP contribution is 2.38. The number of piperidine rings is 3. The minimum atomic E-state index is -2.79. The molecule has 3 aliphatic heterocycles. The van der Waals surface area contributed by atoms with Crippen LogP contribution in [-0.4, -0.2) is 91.9 Å². The number of hydrogen-bond acceptors (Lipinski definition) is 10. The molecule has 6 heterocycles. The summed E-state index contributed by atoms with van der Waals surface area (Å²) >= 11 is 6.52. The SMILES string of the molecule is CC(C)Oc1cc2nc(C3CCN(C(=O)CC4(O)CCN(c5c(F)cc(N[C@H]6CCC(=O)NC6=O)cc5Cl)CC4)CC3)cn2cc1C(=O)Nc1cccc(C(F)F)n1. The minimum absolute atomic E-state index is 0.0193. The number of pyridine rings is 2. The summed E-state index contributed by atoms with van der Waals surface area (Å²) in [5.74, 6) is -1.91. The van der Waals surface area contributed by atoms with Crippen molar-refractivity contribution in [3.8, 4) is 5.75 Å². The Hall–Kier alpha value is -5.42. The third-order valence-corrected chi connectivity index (χ3v) is 11.1. The number of halogens is 4. The summed E-state index contributed by atoms with van der Waals surface area (Å²) in [5, 5.41) is 19.4. The highest BCUT2D eigenvalue weighted by Gasteiger charge is 2.38. The predicted molar refractivity (Wildman–Crippen MR) is 209 cm³/mol. The number of imidazole rings is 1. The van der Waals surface area contributed by atoms with E-state index in [1.165, 1.54) is 30.3 Å². The molecular formula is C40H44ClF3N8O6. The molecule has 1 aromatic carbocycles. The zero-order valence-corrected chi connectivity index (χ0v) is 32.7. The van der Waals surface area contributed by atoms with Crippen molar-refractivity contribution in [2.75, 3.05) is 41.7 Å². The van der Waals surface area contributed by atoms with Gasteiger partial charge in [0.2, 0.25) is 17.7 Å². The number of nitrogens with one attached hydrogen (secondary N) is 3. The number of imide groups is 1. The van der Waals surface area contributed by atoms with Crippen LogP contribution in [0.2, 0.25) is 5.02 Å². The van der Waals surface area contributed by atoms with Crippen LogP contribution in [0.1, 0.15) is 92.9 Å². The number of carbonyl (C=O) groups is 4. The fraction of sp³-hybridized carbons (Fsp3) is 0.450. The zero-order chi connectivity index (χ0) is 41.3. The van der Waals surface area contributed by atoms with Crippen molar-refractivity contribution in [1.82, 2.24) is 24.6 Å². The lowest BCUT2D eigenvalue weighted by atomic mass is 9.86. The van der Waals surface area contributed by atoms with Crippen LogP contribution in [0.25, 0.3) is 5.65 Å². The minimum Gasteiger partial charge on any atom is -0.490 e. The molecule has 58 heavy (non-hydrogen) atoms. The third kappa shape index (κ3) is 9.15. The second kappa shape index (κ2) is 16.8. The average Bonchev–Trinajstić information content (AvgIpc) is 3.59. The standard InChI is InChI=1S/C40H44ClF3N8O6/c1-22(2)58-31-18-33-47-30(21-52(33)20-25(31)38(55)48-32-5-3-4-28(46-32)37(43)44)23-8-12-50(13-9-23)35(54)19-40(57)10-14-51(15-11-40)36-26(41)16-24(17-27(36)42)45-29-6-7-34(53)49-39(29)56/h3-5,16-18,20-23,29,37,45,57H,6-15,19H2,1-2H3,(H,46,48,55)(H,49,53,56)/t29-/m0/s1. The highest BCUT2D eigenvalue weighted by molar-refractivity contribution is 6.33. The molecule has 4 amide bonds. The van der Waals surface area contributed by atoms with E-state index in [1.54, 1.807) is 26.5 Å². The van der Waals surface area contributed by atoms with Crippen molar-refractivity contribution in [2.45, 2.75) is 88.9 Å². The molecule has 0 spiro atoms. The van der Waals surface area contributed by atoms with Gasteiger partial charge in [-0.15, -0.1) is 0 Å². The molecule has 3 aromatic heterocycles. The molecule has 3 saturated heterocycles. The molecule has 4 N–H and O–H groups in total. The average molecular weight is 825 g/mol. The Labute approximate surface area is 337 Å². The number of fused-ring (bicyclic) bond motifs is 1. The van der Waals surface area contributed by atoms with Crippen LogP contribution in [0.3, 0.4) is 0 Å². The van der Waals surface area contributed by atoms with Gasteiger partial charge >= 0.3 is 0 Å². The lowest BCUT2D eigenvalue weighted by Crippen LogP contribution is -2.49. The molecular weight excluding hydrogens is 781 g/mol. The Balaban J connectivity index is 0.941. The summed E-state index contributed by atoms with van der Waals surface area (Å²) in [6.45, 7) is 5.09. The topological polar surface area (TPSA) is 170 Å². The first-order valence-electron chi connectivity index (χ1n) is 19.2. The lowest BCUT2D eigenvalue weighted by Gasteiger charge is -2.41. The van der Waals surface area contributed by atoms with Crippen molar-refractivity contribution in [3.63, 3.8) is 0 Å². The molecule has 308 valence electrons. The number of nitrogens with zero attached hydrogens (tertiary/aromatic N) is 5. The van der Waals surface area contributed by atoms with Gasteiger partial charge in [-0.2, -0.15) is 0 Å². The Morgan fingerprint density at radius 1 is 1.05 bits per heavy atom. The molecule has 3 aliphatic rings. The summed E-state index contributed by atoms with van der Waals surface area (Å²) in [6, 6.07) is 7.74. The number of anilines is 3. The number of aliphatic hydroxyl groups is 1. The lowest BCUT2D eigenvalue weighted by molar-refractivity contribution is -0.138. The molecule has 7 rings (SSSR count). The van der Waals surface area contributed by atoms with E-state index in [2.05, 4.69) is 20.9 Å². The molecule has 0 saturated carbocycles. The summed E-state index contributed by atoms with van der Waals surface area (Å²) in [6.07, 6.45) is 2.44. The van der Waals surface area contributed by atoms with Gasteiger partial charge < -0.3 is 34.7 Å². The monoisotopic (exact) mass is 824 g/mol. The van der Waals surface area contributed by atoms with Crippen molar-refractivity contribution in [3.05, 3.63) is 76.6 Å². The van der Waals surface area contributed by atoms with Crippen LogP contribution in [0.5, 0.6) is 5.75 Å². The van der Waals surface area contributed by atoms with E-state index in [4.69, 9.17) is 21.3 Å². The van der Waals surface area contributed by atoms with E-state index < -0.39 is 41.4 Å². The van der Waals surface area contributed by atoms with Gasteiger partial charge in [-0.05, 0) is 70.2 Å². The number of likely N-dealkylation sites (tertiary alicyclic amines) is 1. The summed E-state index contributed by atoms with van der Waals surface area (Å²) < 4.78 is 49.5. The number of rotatable bonds is 11. The van der Waals surface area contributed by atoms with Crippen LogP contribution in [0.4, 0.5) is 30.4 Å². The fourth-order valence-corrected chi connectivity index (χ4v) is 8.03. The van der Waals surface area contributed by atoms with E-state index in [9.17, 15) is 33.1 Å². The summed E-state index contributed by atoms with van der Waals surface area (Å²) in [4.78, 5) is 62.6. The number of benzene rings is 1. The van der Waals surface area contributed by atoms with Gasteiger partial charge in [0, 0.05) is 62.7 Å². The quantitative estimate of drug-likeness (QED) is 0.135. The second-order valence-corrected chi connectivity index (χ2v) is 15.7. The van der Waals surface area contributed by atoms with Gasteiger partial charge in [-0.3, -0.25) is 24.5 Å². The second-order valence-electron chi connectivity index (χ2n) is 15.3. The first-order valence-corrected chi connectivity index (χ1v) is 19.6. The van der Waals surface area contributed by atoms with Crippen molar-refractivity contribution < 1.29 is 42.2 Å². The molecule has 0 unspecified atom stereocenters. The van der Waals surface area contributed by atoms with E-state index >= 15 is 4.39 Å². The maximum Gasteiger partial charge on any atom is 0.280 e. The Morgan fingerprint density at radius 2 is 1.79 bits per heavy atom.